The molecule has 6 heteroatoms. The summed E-state index contributed by atoms with van der Waals surface area (Å²) >= 11 is 11.4. The van der Waals surface area contributed by atoms with Gasteiger partial charge < -0.3 is 10.2 Å². The summed E-state index contributed by atoms with van der Waals surface area (Å²) in [5.74, 6) is -0.984. The van der Waals surface area contributed by atoms with E-state index in [0.717, 1.165) is 6.07 Å². The molecule has 0 aliphatic rings. The zero-order chi connectivity index (χ0) is 13.0. The van der Waals surface area contributed by atoms with Crippen LogP contribution in [-0.2, 0) is 0 Å². The largest absolute Gasteiger partial charge is 0.340 e. The monoisotopic (exact) mass is 278 g/mol. The molecule has 0 radical (unpaired) electrons. The number of hydrogen-bond acceptors (Lipinski definition) is 2. The molecule has 17 heavy (non-hydrogen) atoms. The predicted octanol–water partition coefficient (Wildman–Crippen LogP) is 2.42. The standard InChI is InChI=1S/C11H13Cl2FN2O/c1-15-3-4-16(2)11(17)7-5-10(14)9(13)6-8(7)12/h5-6,15H,3-4H2,1-2H3. The van der Waals surface area contributed by atoms with Gasteiger partial charge in [-0.3, -0.25) is 4.79 Å². The number of halogens is 3. The van der Waals surface area contributed by atoms with E-state index in [1.165, 1.54) is 11.0 Å². The van der Waals surface area contributed by atoms with E-state index in [1.807, 2.05) is 0 Å². The second-order valence-corrected chi connectivity index (χ2v) is 4.39. The molecule has 0 aromatic heterocycles. The van der Waals surface area contributed by atoms with E-state index in [1.54, 1.807) is 14.1 Å². The minimum Gasteiger partial charge on any atom is -0.340 e. The topological polar surface area (TPSA) is 32.3 Å². The maximum Gasteiger partial charge on any atom is 0.255 e. The highest BCUT2D eigenvalue weighted by Crippen LogP contribution is 2.25. The van der Waals surface area contributed by atoms with Gasteiger partial charge in [0.1, 0.15) is 5.82 Å². The molecule has 0 saturated heterocycles. The molecule has 1 N–H and O–H groups in total. The van der Waals surface area contributed by atoms with Crippen molar-refractivity contribution in [1.82, 2.24) is 10.2 Å². The summed E-state index contributed by atoms with van der Waals surface area (Å²) < 4.78 is 13.3. The predicted molar refractivity (Wildman–Crippen MR) is 67.3 cm³/mol. The highest BCUT2D eigenvalue weighted by atomic mass is 35.5. The smallest absolute Gasteiger partial charge is 0.255 e. The van der Waals surface area contributed by atoms with Gasteiger partial charge in [0, 0.05) is 20.1 Å². The van der Waals surface area contributed by atoms with Crippen LogP contribution >= 0.6 is 23.2 Å². The van der Waals surface area contributed by atoms with Gasteiger partial charge in [-0.15, -0.1) is 0 Å². The molecule has 0 heterocycles. The van der Waals surface area contributed by atoms with Gasteiger partial charge in [0.15, 0.2) is 0 Å². The van der Waals surface area contributed by atoms with Crippen molar-refractivity contribution < 1.29 is 9.18 Å². The van der Waals surface area contributed by atoms with Crippen LogP contribution < -0.4 is 5.32 Å². The van der Waals surface area contributed by atoms with Crippen molar-refractivity contribution in [3.63, 3.8) is 0 Å². The van der Waals surface area contributed by atoms with Crippen LogP contribution in [0.5, 0.6) is 0 Å². The lowest BCUT2D eigenvalue weighted by atomic mass is 10.2. The average Bonchev–Trinajstić information content (AvgIpc) is 2.29. The number of nitrogens with zero attached hydrogens (tertiary/aromatic N) is 1. The molecule has 94 valence electrons. The molecular formula is C11H13Cl2FN2O. The van der Waals surface area contributed by atoms with Crippen molar-refractivity contribution >= 4 is 29.1 Å². The van der Waals surface area contributed by atoms with Crippen LogP contribution in [0, 0.1) is 5.82 Å². The summed E-state index contributed by atoms with van der Waals surface area (Å²) in [6, 6.07) is 2.29. The fraction of sp³-hybridized carbons (Fsp3) is 0.364. The van der Waals surface area contributed by atoms with E-state index < -0.39 is 5.82 Å². The lowest BCUT2D eigenvalue weighted by Crippen LogP contribution is -2.33. The van der Waals surface area contributed by atoms with Crippen LogP contribution in [0.3, 0.4) is 0 Å². The van der Waals surface area contributed by atoms with Crippen LogP contribution in [0.25, 0.3) is 0 Å². The van der Waals surface area contributed by atoms with Crippen molar-refractivity contribution in [2.45, 2.75) is 0 Å². The summed E-state index contributed by atoms with van der Waals surface area (Å²) in [7, 11) is 3.41. The molecule has 1 aromatic carbocycles. The highest BCUT2D eigenvalue weighted by Gasteiger charge is 2.17. The van der Waals surface area contributed by atoms with Crippen LogP contribution in [0.2, 0.25) is 10.0 Å². The van der Waals surface area contributed by atoms with E-state index in [4.69, 9.17) is 23.2 Å². The van der Waals surface area contributed by atoms with Crippen LogP contribution in [0.15, 0.2) is 12.1 Å². The first kappa shape index (κ1) is 14.2. The number of carbonyl (C=O) groups excluding carboxylic acids is 1. The third kappa shape index (κ3) is 3.56. The maximum absolute atomic E-state index is 13.3. The first-order chi connectivity index (χ1) is 7.97. The van der Waals surface area contributed by atoms with Gasteiger partial charge in [0.05, 0.1) is 15.6 Å². The number of hydrogen-bond donors (Lipinski definition) is 1. The Morgan fingerprint density at radius 3 is 2.65 bits per heavy atom. The van der Waals surface area contributed by atoms with E-state index >= 15 is 0 Å². The Kier molecular flexibility index (Phi) is 5.18. The summed E-state index contributed by atoms with van der Waals surface area (Å²) in [5.41, 5.74) is 0.118. The number of nitrogens with one attached hydrogen (secondary N) is 1. The first-order valence-electron chi connectivity index (χ1n) is 5.02. The van der Waals surface area contributed by atoms with Gasteiger partial charge in [0.25, 0.3) is 5.91 Å². The maximum atomic E-state index is 13.3. The Labute approximate surface area is 109 Å². The third-order valence-electron chi connectivity index (χ3n) is 2.28. The summed E-state index contributed by atoms with van der Waals surface area (Å²) in [6.45, 7) is 1.16. The second kappa shape index (κ2) is 6.19. The molecule has 0 atom stereocenters. The zero-order valence-electron chi connectivity index (χ0n) is 9.56. The van der Waals surface area contributed by atoms with E-state index in [0.29, 0.717) is 13.1 Å². The average molecular weight is 279 g/mol. The Hall–Kier alpha value is -0.840. The van der Waals surface area contributed by atoms with Crippen LogP contribution in [0.1, 0.15) is 10.4 Å². The fourth-order valence-electron chi connectivity index (χ4n) is 1.27. The molecule has 0 aliphatic carbocycles. The molecule has 0 bridgehead atoms. The Balaban J connectivity index is 2.92. The van der Waals surface area contributed by atoms with E-state index in [9.17, 15) is 9.18 Å². The minimum atomic E-state index is -0.651. The van der Waals surface area contributed by atoms with Crippen LogP contribution in [-0.4, -0.2) is 38.0 Å². The number of likely N-dealkylation sites (N-methyl/N-ethyl adjacent to an activating group) is 2. The van der Waals surface area contributed by atoms with Gasteiger partial charge in [-0.2, -0.15) is 0 Å². The zero-order valence-corrected chi connectivity index (χ0v) is 11.1. The van der Waals surface area contributed by atoms with Crippen molar-refractivity contribution in [2.75, 3.05) is 27.2 Å². The fourth-order valence-corrected chi connectivity index (χ4v) is 1.74. The molecule has 0 unspecified atom stereocenters. The molecule has 1 rings (SSSR count). The number of rotatable bonds is 4. The molecule has 3 nitrogen and oxygen atoms in total. The van der Waals surface area contributed by atoms with Gasteiger partial charge in [-0.05, 0) is 19.2 Å². The SMILES string of the molecule is CNCCN(C)C(=O)c1cc(F)c(Cl)cc1Cl. The van der Waals surface area contributed by atoms with Gasteiger partial charge in [-0.25, -0.2) is 4.39 Å². The summed E-state index contributed by atoms with van der Waals surface area (Å²) in [4.78, 5) is 13.4. The van der Waals surface area contributed by atoms with E-state index in [2.05, 4.69) is 5.32 Å². The van der Waals surface area contributed by atoms with Crippen molar-refractivity contribution in [3.05, 3.63) is 33.6 Å². The van der Waals surface area contributed by atoms with Crippen molar-refractivity contribution in [3.8, 4) is 0 Å². The molecule has 1 aromatic rings. The van der Waals surface area contributed by atoms with E-state index in [-0.39, 0.29) is 21.5 Å². The first-order valence-corrected chi connectivity index (χ1v) is 5.77. The molecule has 1 amide bonds. The van der Waals surface area contributed by atoms with Gasteiger partial charge >= 0.3 is 0 Å². The summed E-state index contributed by atoms with van der Waals surface area (Å²) in [5, 5.41) is 2.98. The van der Waals surface area contributed by atoms with Gasteiger partial charge in [-0.1, -0.05) is 23.2 Å². The quantitative estimate of drug-likeness (QED) is 0.858. The lowest BCUT2D eigenvalue weighted by molar-refractivity contribution is 0.0796. The molecule has 0 saturated carbocycles. The van der Waals surface area contributed by atoms with Crippen molar-refractivity contribution in [2.24, 2.45) is 0 Å². The highest BCUT2D eigenvalue weighted by molar-refractivity contribution is 6.36. The second-order valence-electron chi connectivity index (χ2n) is 3.58. The summed E-state index contributed by atoms with van der Waals surface area (Å²) in [6.07, 6.45) is 0. The Bertz CT molecular complexity index is 426. The molecule has 0 spiro atoms. The number of benzene rings is 1. The molecular weight excluding hydrogens is 266 g/mol. The minimum absolute atomic E-state index is 0.0931. The number of amides is 1. The molecule has 0 aliphatic heterocycles. The number of carbonyl (C=O) groups is 1. The normalized spacial score (nSPS) is 10.4. The molecule has 0 fully saturated rings. The third-order valence-corrected chi connectivity index (χ3v) is 2.89. The Morgan fingerprint density at radius 2 is 2.06 bits per heavy atom. The van der Waals surface area contributed by atoms with Crippen LogP contribution in [0.4, 0.5) is 4.39 Å². The lowest BCUT2D eigenvalue weighted by Gasteiger charge is -2.17. The Morgan fingerprint density at radius 1 is 1.41 bits per heavy atom. The van der Waals surface area contributed by atoms with Crippen molar-refractivity contribution in [1.29, 1.82) is 0 Å². The van der Waals surface area contributed by atoms with Gasteiger partial charge in [0.2, 0.25) is 0 Å².